The van der Waals surface area contributed by atoms with Crippen molar-refractivity contribution in [1.82, 2.24) is 4.98 Å². The van der Waals surface area contributed by atoms with Crippen molar-refractivity contribution < 1.29 is 4.92 Å². The maximum atomic E-state index is 12.1. The Morgan fingerprint density at radius 2 is 1.76 bits per heavy atom. The number of fused-ring (bicyclic) bond motifs is 1. The molecule has 0 aliphatic heterocycles. The third kappa shape index (κ3) is 2.51. The van der Waals surface area contributed by atoms with Gasteiger partial charge < -0.3 is 4.98 Å². The maximum Gasteiger partial charge on any atom is 0.270 e. The number of halogens is 1. The van der Waals surface area contributed by atoms with Crippen LogP contribution in [0.15, 0.2) is 53.3 Å². The molecule has 21 heavy (non-hydrogen) atoms. The van der Waals surface area contributed by atoms with E-state index in [-0.39, 0.29) is 11.1 Å². The van der Waals surface area contributed by atoms with Crippen molar-refractivity contribution in [2.24, 2.45) is 0 Å². The van der Waals surface area contributed by atoms with Gasteiger partial charge in [-0.05, 0) is 23.8 Å². The Balaban J connectivity index is 2.20. The summed E-state index contributed by atoms with van der Waals surface area (Å²) < 4.78 is 0. The van der Waals surface area contributed by atoms with Crippen molar-refractivity contribution in [3.05, 3.63) is 73.9 Å². The third-order valence-corrected chi connectivity index (χ3v) is 3.43. The van der Waals surface area contributed by atoms with Crippen LogP contribution in [0.1, 0.15) is 0 Å². The number of aromatic amines is 1. The standard InChI is InChI=1S/C15H9ClN2O3/c16-10-3-1-9(2-4-10)14-8-15(19)12-7-11(18(20)21)5-6-13(12)17-14/h1-8H,(H,17,19). The van der Waals surface area contributed by atoms with Crippen LogP contribution in [0.4, 0.5) is 5.69 Å². The van der Waals surface area contributed by atoms with Crippen molar-refractivity contribution in [3.8, 4) is 11.3 Å². The molecule has 0 radical (unpaired) electrons. The highest BCUT2D eigenvalue weighted by Crippen LogP contribution is 2.22. The minimum absolute atomic E-state index is 0.104. The van der Waals surface area contributed by atoms with E-state index in [0.29, 0.717) is 21.6 Å². The molecule has 2 aromatic carbocycles. The smallest absolute Gasteiger partial charge is 0.270 e. The van der Waals surface area contributed by atoms with Crippen LogP contribution in [0.25, 0.3) is 22.2 Å². The SMILES string of the molecule is O=c1cc(-c2ccc(Cl)cc2)[nH]c2ccc([N+](=O)[O-])cc12. The molecule has 0 bridgehead atoms. The maximum absolute atomic E-state index is 12.1. The highest BCUT2D eigenvalue weighted by molar-refractivity contribution is 6.30. The van der Waals surface area contributed by atoms with Crippen LogP contribution in [0.5, 0.6) is 0 Å². The number of hydrogen-bond donors (Lipinski definition) is 1. The molecular formula is C15H9ClN2O3. The summed E-state index contributed by atoms with van der Waals surface area (Å²) >= 11 is 5.84. The van der Waals surface area contributed by atoms with Gasteiger partial charge in [0.1, 0.15) is 0 Å². The first kappa shape index (κ1) is 13.3. The second-order valence-electron chi connectivity index (χ2n) is 4.54. The van der Waals surface area contributed by atoms with Gasteiger partial charge in [-0.1, -0.05) is 23.7 Å². The minimum Gasteiger partial charge on any atom is -0.354 e. The fourth-order valence-corrected chi connectivity index (χ4v) is 2.26. The quantitative estimate of drug-likeness (QED) is 0.578. The fourth-order valence-electron chi connectivity index (χ4n) is 2.13. The summed E-state index contributed by atoms with van der Waals surface area (Å²) in [7, 11) is 0. The zero-order valence-electron chi connectivity index (χ0n) is 10.7. The molecule has 6 heteroatoms. The lowest BCUT2D eigenvalue weighted by molar-refractivity contribution is -0.384. The highest BCUT2D eigenvalue weighted by atomic mass is 35.5. The number of rotatable bonds is 2. The van der Waals surface area contributed by atoms with Crippen molar-refractivity contribution in [2.75, 3.05) is 0 Å². The van der Waals surface area contributed by atoms with E-state index in [1.807, 2.05) is 0 Å². The lowest BCUT2D eigenvalue weighted by atomic mass is 10.1. The van der Waals surface area contributed by atoms with E-state index in [1.54, 1.807) is 24.3 Å². The van der Waals surface area contributed by atoms with Gasteiger partial charge in [-0.3, -0.25) is 14.9 Å². The molecule has 1 aromatic heterocycles. The second-order valence-corrected chi connectivity index (χ2v) is 4.98. The van der Waals surface area contributed by atoms with Crippen molar-refractivity contribution in [1.29, 1.82) is 0 Å². The molecule has 0 saturated carbocycles. The van der Waals surface area contributed by atoms with Gasteiger partial charge >= 0.3 is 0 Å². The molecule has 0 spiro atoms. The molecular weight excluding hydrogens is 292 g/mol. The van der Waals surface area contributed by atoms with Crippen LogP contribution in [0.2, 0.25) is 5.02 Å². The first-order valence-electron chi connectivity index (χ1n) is 6.12. The number of nitrogens with one attached hydrogen (secondary N) is 1. The van der Waals surface area contributed by atoms with E-state index < -0.39 is 4.92 Å². The molecule has 5 nitrogen and oxygen atoms in total. The lowest BCUT2D eigenvalue weighted by Gasteiger charge is -2.05. The molecule has 0 saturated heterocycles. The van der Waals surface area contributed by atoms with Crippen LogP contribution >= 0.6 is 11.6 Å². The molecule has 0 aliphatic carbocycles. The van der Waals surface area contributed by atoms with Crippen LogP contribution in [0, 0.1) is 10.1 Å². The second kappa shape index (κ2) is 5.03. The Labute approximate surface area is 124 Å². The van der Waals surface area contributed by atoms with E-state index >= 15 is 0 Å². The number of nitro benzene ring substituents is 1. The number of nitro groups is 1. The van der Waals surface area contributed by atoms with Crippen LogP contribution in [-0.4, -0.2) is 9.91 Å². The minimum atomic E-state index is -0.522. The van der Waals surface area contributed by atoms with E-state index in [9.17, 15) is 14.9 Å². The molecule has 0 fully saturated rings. The van der Waals surface area contributed by atoms with E-state index in [2.05, 4.69) is 4.98 Å². The van der Waals surface area contributed by atoms with Gasteiger partial charge in [0.25, 0.3) is 5.69 Å². The lowest BCUT2D eigenvalue weighted by Crippen LogP contribution is -2.03. The van der Waals surface area contributed by atoms with Gasteiger partial charge in [0.05, 0.1) is 15.8 Å². The molecule has 0 aliphatic rings. The molecule has 0 atom stereocenters. The molecule has 3 rings (SSSR count). The summed E-state index contributed by atoms with van der Waals surface area (Å²) in [6.45, 7) is 0. The zero-order valence-corrected chi connectivity index (χ0v) is 11.4. The fraction of sp³-hybridized carbons (Fsp3) is 0. The third-order valence-electron chi connectivity index (χ3n) is 3.18. The average molecular weight is 301 g/mol. The molecule has 3 aromatic rings. The number of pyridine rings is 1. The van der Waals surface area contributed by atoms with E-state index in [4.69, 9.17) is 11.6 Å². The Kier molecular flexibility index (Phi) is 3.19. The van der Waals surface area contributed by atoms with Gasteiger partial charge in [0.15, 0.2) is 5.43 Å². The van der Waals surface area contributed by atoms with Crippen molar-refractivity contribution in [3.63, 3.8) is 0 Å². The van der Waals surface area contributed by atoms with Gasteiger partial charge in [0.2, 0.25) is 0 Å². The van der Waals surface area contributed by atoms with E-state index in [0.717, 1.165) is 5.56 Å². The number of nitrogens with zero attached hydrogens (tertiary/aromatic N) is 1. The number of H-pyrrole nitrogens is 1. The molecule has 0 amide bonds. The summed E-state index contributed by atoms with van der Waals surface area (Å²) in [6.07, 6.45) is 0. The molecule has 1 N–H and O–H groups in total. The normalized spacial score (nSPS) is 10.7. The molecule has 104 valence electrons. The Hall–Kier alpha value is -2.66. The predicted octanol–water partition coefficient (Wildman–Crippen LogP) is 3.76. The van der Waals surface area contributed by atoms with Crippen LogP contribution < -0.4 is 5.43 Å². The Morgan fingerprint density at radius 1 is 1.05 bits per heavy atom. The van der Waals surface area contributed by atoms with Gasteiger partial charge in [0, 0.05) is 28.9 Å². The number of benzene rings is 2. The summed E-state index contributed by atoms with van der Waals surface area (Å²) in [6, 6.07) is 12.7. The summed E-state index contributed by atoms with van der Waals surface area (Å²) in [5.74, 6) is 0. The zero-order chi connectivity index (χ0) is 15.0. The van der Waals surface area contributed by atoms with E-state index in [1.165, 1.54) is 24.3 Å². The topological polar surface area (TPSA) is 76.0 Å². The summed E-state index contributed by atoms with van der Waals surface area (Å²) in [5.41, 5.74) is 1.64. The van der Waals surface area contributed by atoms with Crippen molar-refractivity contribution in [2.45, 2.75) is 0 Å². The van der Waals surface area contributed by atoms with Crippen LogP contribution in [-0.2, 0) is 0 Å². The number of aromatic nitrogens is 1. The van der Waals surface area contributed by atoms with Gasteiger partial charge in [-0.15, -0.1) is 0 Å². The molecule has 1 heterocycles. The summed E-state index contributed by atoms with van der Waals surface area (Å²) in [5, 5.41) is 11.7. The molecule has 0 unspecified atom stereocenters. The van der Waals surface area contributed by atoms with Crippen molar-refractivity contribution >= 4 is 28.2 Å². The average Bonchev–Trinajstić information content (AvgIpc) is 2.47. The first-order chi connectivity index (χ1) is 10.0. The van der Waals surface area contributed by atoms with Gasteiger partial charge in [-0.25, -0.2) is 0 Å². The predicted molar refractivity (Wildman–Crippen MR) is 81.7 cm³/mol. The highest BCUT2D eigenvalue weighted by Gasteiger charge is 2.10. The van der Waals surface area contributed by atoms with Crippen LogP contribution in [0.3, 0.4) is 0 Å². The summed E-state index contributed by atoms with van der Waals surface area (Å²) in [4.78, 5) is 25.5. The number of non-ortho nitro benzene ring substituents is 1. The largest absolute Gasteiger partial charge is 0.354 e. The number of hydrogen-bond acceptors (Lipinski definition) is 3. The first-order valence-corrected chi connectivity index (χ1v) is 6.50. The Bertz CT molecular complexity index is 901. The monoisotopic (exact) mass is 300 g/mol. The van der Waals surface area contributed by atoms with Gasteiger partial charge in [-0.2, -0.15) is 0 Å². The Morgan fingerprint density at radius 3 is 2.43 bits per heavy atom.